The molecule has 0 spiro atoms. The van der Waals surface area contributed by atoms with Gasteiger partial charge in [0.25, 0.3) is 5.91 Å². The smallest absolute Gasteiger partial charge is 0.257 e. The SMILES string of the molecule is CNc1ncc(F)cc1C(=O)N(C)Cc1nccn1C. The molecule has 0 saturated carbocycles. The topological polar surface area (TPSA) is 63.1 Å². The van der Waals surface area contributed by atoms with E-state index in [9.17, 15) is 9.18 Å². The number of hydrogen-bond donors (Lipinski definition) is 1. The number of pyridine rings is 1. The first-order chi connectivity index (χ1) is 9.52. The molecular formula is C13H16FN5O. The summed E-state index contributed by atoms with van der Waals surface area (Å²) in [6, 6.07) is 1.18. The molecule has 0 unspecified atom stereocenters. The van der Waals surface area contributed by atoms with E-state index in [0.717, 1.165) is 12.0 Å². The number of nitrogens with zero attached hydrogens (tertiary/aromatic N) is 4. The highest BCUT2D eigenvalue weighted by Gasteiger charge is 2.18. The molecule has 6 nitrogen and oxygen atoms in total. The summed E-state index contributed by atoms with van der Waals surface area (Å²) in [6.07, 6.45) is 4.54. The Labute approximate surface area is 116 Å². The van der Waals surface area contributed by atoms with E-state index in [4.69, 9.17) is 0 Å². The molecule has 0 aliphatic heterocycles. The Bertz CT molecular complexity index is 625. The van der Waals surface area contributed by atoms with Crippen molar-refractivity contribution >= 4 is 11.7 Å². The number of aryl methyl sites for hydroxylation is 1. The third kappa shape index (κ3) is 2.76. The van der Waals surface area contributed by atoms with Crippen LogP contribution in [-0.4, -0.2) is 39.4 Å². The summed E-state index contributed by atoms with van der Waals surface area (Å²) in [5, 5.41) is 2.78. The van der Waals surface area contributed by atoms with Crippen molar-refractivity contribution in [3.63, 3.8) is 0 Å². The van der Waals surface area contributed by atoms with Crippen molar-refractivity contribution in [3.8, 4) is 0 Å². The average Bonchev–Trinajstić information content (AvgIpc) is 2.83. The van der Waals surface area contributed by atoms with Crippen LogP contribution in [0.5, 0.6) is 0 Å². The number of halogens is 1. The van der Waals surface area contributed by atoms with Crippen LogP contribution in [-0.2, 0) is 13.6 Å². The molecule has 106 valence electrons. The molecule has 2 heterocycles. The number of anilines is 1. The van der Waals surface area contributed by atoms with Crippen LogP contribution in [0.4, 0.5) is 10.2 Å². The zero-order chi connectivity index (χ0) is 14.7. The Morgan fingerprint density at radius 3 is 2.85 bits per heavy atom. The maximum atomic E-state index is 13.3. The predicted molar refractivity (Wildman–Crippen MR) is 72.7 cm³/mol. The van der Waals surface area contributed by atoms with Gasteiger partial charge in [-0.15, -0.1) is 0 Å². The predicted octanol–water partition coefficient (Wildman–Crippen LogP) is 1.27. The molecule has 0 fully saturated rings. The van der Waals surface area contributed by atoms with Crippen LogP contribution >= 0.6 is 0 Å². The molecule has 0 bridgehead atoms. The molecule has 0 radical (unpaired) electrons. The van der Waals surface area contributed by atoms with Crippen molar-refractivity contribution in [2.45, 2.75) is 6.54 Å². The maximum absolute atomic E-state index is 13.3. The molecule has 7 heteroatoms. The lowest BCUT2D eigenvalue weighted by atomic mass is 10.2. The van der Waals surface area contributed by atoms with Crippen molar-refractivity contribution < 1.29 is 9.18 Å². The summed E-state index contributed by atoms with van der Waals surface area (Å²) in [5.74, 6) is 0.237. The highest BCUT2D eigenvalue weighted by molar-refractivity contribution is 5.98. The molecule has 1 N–H and O–H groups in total. The normalized spacial score (nSPS) is 10.4. The van der Waals surface area contributed by atoms with E-state index in [1.165, 1.54) is 11.0 Å². The van der Waals surface area contributed by atoms with Crippen LogP contribution in [0.15, 0.2) is 24.7 Å². The van der Waals surface area contributed by atoms with Crippen molar-refractivity contribution in [2.75, 3.05) is 19.4 Å². The molecule has 0 saturated heterocycles. The number of carbonyl (C=O) groups is 1. The summed E-state index contributed by atoms with van der Waals surface area (Å²) in [5.41, 5.74) is 0.198. The second-order valence-electron chi connectivity index (χ2n) is 4.42. The number of amides is 1. The third-order valence-corrected chi connectivity index (χ3v) is 2.97. The van der Waals surface area contributed by atoms with Gasteiger partial charge in [0.05, 0.1) is 18.3 Å². The molecule has 1 amide bonds. The van der Waals surface area contributed by atoms with E-state index in [1.807, 2.05) is 11.6 Å². The van der Waals surface area contributed by atoms with Gasteiger partial charge in [0.15, 0.2) is 0 Å². The second kappa shape index (κ2) is 5.68. The molecule has 0 aliphatic rings. The molecule has 20 heavy (non-hydrogen) atoms. The van der Waals surface area contributed by atoms with Gasteiger partial charge in [-0.25, -0.2) is 14.4 Å². The van der Waals surface area contributed by atoms with Crippen LogP contribution in [0.1, 0.15) is 16.2 Å². The number of carbonyl (C=O) groups excluding carboxylic acids is 1. The fourth-order valence-electron chi connectivity index (χ4n) is 1.84. The number of nitrogens with one attached hydrogen (secondary N) is 1. The minimum atomic E-state index is -0.544. The number of rotatable bonds is 4. The zero-order valence-corrected chi connectivity index (χ0v) is 11.6. The Hall–Kier alpha value is -2.44. The van der Waals surface area contributed by atoms with Gasteiger partial charge in [-0.1, -0.05) is 0 Å². The standard InChI is InChI=1S/C13H16FN5O/c1-15-12-10(6-9(14)7-17-12)13(20)19(3)8-11-16-4-5-18(11)2/h4-7H,8H2,1-3H3,(H,15,17). The first-order valence-electron chi connectivity index (χ1n) is 6.08. The molecular weight excluding hydrogens is 261 g/mol. The van der Waals surface area contributed by atoms with Crippen LogP contribution in [0.25, 0.3) is 0 Å². The summed E-state index contributed by atoms with van der Waals surface area (Å²) in [6.45, 7) is 0.335. The highest BCUT2D eigenvalue weighted by Crippen LogP contribution is 2.16. The van der Waals surface area contributed by atoms with Crippen molar-refractivity contribution in [2.24, 2.45) is 7.05 Å². The molecule has 2 aromatic rings. The first kappa shape index (κ1) is 14.0. The fraction of sp³-hybridized carbons (Fsp3) is 0.308. The molecule has 0 aliphatic carbocycles. The van der Waals surface area contributed by atoms with Crippen LogP contribution in [0.3, 0.4) is 0 Å². The minimum Gasteiger partial charge on any atom is -0.372 e. The highest BCUT2D eigenvalue weighted by atomic mass is 19.1. The Kier molecular flexibility index (Phi) is 3.97. The van der Waals surface area contributed by atoms with Crippen LogP contribution in [0, 0.1) is 5.82 Å². The van der Waals surface area contributed by atoms with Gasteiger partial charge in [0.1, 0.15) is 17.5 Å². The van der Waals surface area contributed by atoms with Gasteiger partial charge < -0.3 is 14.8 Å². The Morgan fingerprint density at radius 2 is 2.25 bits per heavy atom. The number of hydrogen-bond acceptors (Lipinski definition) is 4. The minimum absolute atomic E-state index is 0.198. The second-order valence-corrected chi connectivity index (χ2v) is 4.42. The molecule has 0 atom stereocenters. The first-order valence-corrected chi connectivity index (χ1v) is 6.08. The Morgan fingerprint density at radius 1 is 1.50 bits per heavy atom. The van der Waals surface area contributed by atoms with Crippen LogP contribution in [0.2, 0.25) is 0 Å². The van der Waals surface area contributed by atoms with E-state index >= 15 is 0 Å². The number of imidazole rings is 1. The molecule has 0 aromatic carbocycles. The van der Waals surface area contributed by atoms with E-state index in [1.54, 1.807) is 26.5 Å². The van der Waals surface area contributed by atoms with E-state index in [0.29, 0.717) is 12.4 Å². The van der Waals surface area contributed by atoms with E-state index in [2.05, 4.69) is 15.3 Å². The average molecular weight is 277 g/mol. The summed E-state index contributed by atoms with van der Waals surface area (Å²) < 4.78 is 15.1. The number of aromatic nitrogens is 3. The van der Waals surface area contributed by atoms with Crippen molar-refractivity contribution in [3.05, 3.63) is 41.9 Å². The van der Waals surface area contributed by atoms with E-state index < -0.39 is 5.82 Å². The largest absolute Gasteiger partial charge is 0.372 e. The molecule has 2 aromatic heterocycles. The van der Waals surface area contributed by atoms with E-state index in [-0.39, 0.29) is 11.5 Å². The quantitative estimate of drug-likeness (QED) is 0.914. The van der Waals surface area contributed by atoms with Gasteiger partial charge in [0.2, 0.25) is 0 Å². The molecule has 2 rings (SSSR count). The van der Waals surface area contributed by atoms with Gasteiger partial charge in [-0.3, -0.25) is 4.79 Å². The Balaban J connectivity index is 2.22. The van der Waals surface area contributed by atoms with Gasteiger partial charge >= 0.3 is 0 Å². The lowest BCUT2D eigenvalue weighted by Crippen LogP contribution is -2.28. The summed E-state index contributed by atoms with van der Waals surface area (Å²) in [4.78, 5) is 21.8. The fourth-order valence-corrected chi connectivity index (χ4v) is 1.84. The maximum Gasteiger partial charge on any atom is 0.257 e. The zero-order valence-electron chi connectivity index (χ0n) is 11.6. The van der Waals surface area contributed by atoms with Gasteiger partial charge in [0, 0.05) is 33.5 Å². The van der Waals surface area contributed by atoms with Gasteiger partial charge in [-0.05, 0) is 6.07 Å². The van der Waals surface area contributed by atoms with Gasteiger partial charge in [-0.2, -0.15) is 0 Å². The lowest BCUT2D eigenvalue weighted by molar-refractivity contribution is 0.0780. The summed E-state index contributed by atoms with van der Waals surface area (Å²) in [7, 11) is 5.13. The lowest BCUT2D eigenvalue weighted by Gasteiger charge is -2.18. The third-order valence-electron chi connectivity index (χ3n) is 2.97. The van der Waals surface area contributed by atoms with Crippen molar-refractivity contribution in [1.82, 2.24) is 19.4 Å². The van der Waals surface area contributed by atoms with Crippen LogP contribution < -0.4 is 5.32 Å². The monoisotopic (exact) mass is 277 g/mol. The van der Waals surface area contributed by atoms with Crippen molar-refractivity contribution in [1.29, 1.82) is 0 Å². The summed E-state index contributed by atoms with van der Waals surface area (Å²) >= 11 is 0.